The summed E-state index contributed by atoms with van der Waals surface area (Å²) in [5.74, 6) is 1.00. The van der Waals surface area contributed by atoms with Crippen LogP contribution in [0.1, 0.15) is 64.0 Å². The predicted octanol–water partition coefficient (Wildman–Crippen LogP) is 6.76. The Morgan fingerprint density at radius 3 is 1.96 bits per heavy atom. The van der Waals surface area contributed by atoms with E-state index in [1.165, 1.54) is 16.8 Å². The summed E-state index contributed by atoms with van der Waals surface area (Å²) in [7, 11) is 1.56. The zero-order valence-corrected chi connectivity index (χ0v) is 32.2. The maximum atomic E-state index is 13.1. The fraction of sp³-hybridized carbons (Fsp3) is 0.425. The van der Waals surface area contributed by atoms with Gasteiger partial charge in [-0.1, -0.05) is 61.5 Å². The SMILES string of the molecule is COc1ccc(C(OC[C@H]2O[C@@H](n3ccc(=O)[nH]c3=O)[C@H](C)[C@@H]2OP(OCCC#N)N(C(C)C)C(C)C)(c2ccccc2)c2ccc(OC)cc2)cc1. The standard InChI is InChI=1S/C40H49N4O8P/c1-27(2)44(28(3)4)53(50-25-11-23-41)52-37-29(5)38(43-24-22-36(45)42-39(43)46)51-35(37)26-49-40(30-12-9-8-10-13-30,31-14-18-33(47-6)19-15-31)32-16-20-34(48-7)21-17-32/h8-10,12-22,24,27-29,35,37-38H,11,25-26H2,1-7H3,(H,42,45,46)/t29-,35-,37+,38-,53?/m1/s1. The van der Waals surface area contributed by atoms with Crippen molar-refractivity contribution in [2.75, 3.05) is 27.4 Å². The van der Waals surface area contributed by atoms with Crippen LogP contribution < -0.4 is 20.7 Å². The Morgan fingerprint density at radius 1 is 0.887 bits per heavy atom. The number of nitrogens with one attached hydrogen (secondary N) is 1. The van der Waals surface area contributed by atoms with Gasteiger partial charge < -0.3 is 28.0 Å². The van der Waals surface area contributed by atoms with Gasteiger partial charge in [-0.25, -0.2) is 9.46 Å². The molecule has 13 heteroatoms. The third kappa shape index (κ3) is 8.90. The minimum atomic E-state index is -1.69. The number of nitrogens with zero attached hydrogens (tertiary/aromatic N) is 3. The van der Waals surface area contributed by atoms with E-state index in [0.717, 1.165) is 16.7 Å². The van der Waals surface area contributed by atoms with Crippen LogP contribution >= 0.6 is 8.53 Å². The molecule has 1 aliphatic rings. The molecule has 0 bridgehead atoms. The first-order chi connectivity index (χ1) is 25.5. The molecule has 1 fully saturated rings. The molecule has 0 saturated carbocycles. The number of ether oxygens (including phenoxy) is 4. The molecule has 4 aromatic rings. The minimum Gasteiger partial charge on any atom is -0.497 e. The number of aromatic amines is 1. The number of benzene rings is 3. The van der Waals surface area contributed by atoms with E-state index in [0.29, 0.717) is 11.5 Å². The largest absolute Gasteiger partial charge is 0.497 e. The summed E-state index contributed by atoms with van der Waals surface area (Å²) >= 11 is 0. The van der Waals surface area contributed by atoms with Crippen molar-refractivity contribution < 1.29 is 28.0 Å². The molecule has 0 spiro atoms. The van der Waals surface area contributed by atoms with Crippen LogP contribution in [0.5, 0.6) is 11.5 Å². The quantitative estimate of drug-likeness (QED) is 0.0702. The smallest absolute Gasteiger partial charge is 0.330 e. The molecular weight excluding hydrogens is 695 g/mol. The topological polar surface area (TPSA) is 137 Å². The van der Waals surface area contributed by atoms with E-state index in [1.54, 1.807) is 14.2 Å². The van der Waals surface area contributed by atoms with Crippen molar-refractivity contribution in [3.63, 3.8) is 0 Å². The van der Waals surface area contributed by atoms with Gasteiger partial charge in [-0.15, -0.1) is 0 Å². The summed E-state index contributed by atoms with van der Waals surface area (Å²) in [4.78, 5) is 27.5. The molecule has 3 aromatic carbocycles. The van der Waals surface area contributed by atoms with Gasteiger partial charge in [-0.05, 0) is 68.7 Å². The van der Waals surface area contributed by atoms with Gasteiger partial charge in [0.15, 0.2) is 0 Å². The fourth-order valence-electron chi connectivity index (χ4n) is 6.81. The molecule has 1 unspecified atom stereocenters. The molecule has 1 saturated heterocycles. The lowest BCUT2D eigenvalue weighted by molar-refractivity contribution is -0.0931. The van der Waals surface area contributed by atoms with Crippen molar-refractivity contribution in [2.45, 2.75) is 77.2 Å². The van der Waals surface area contributed by atoms with Gasteiger partial charge >= 0.3 is 5.69 Å². The number of hydrogen-bond acceptors (Lipinski definition) is 10. The fourth-order valence-corrected chi connectivity index (χ4v) is 8.65. The zero-order valence-electron chi connectivity index (χ0n) is 31.3. The molecule has 1 aromatic heterocycles. The van der Waals surface area contributed by atoms with E-state index < -0.39 is 49.7 Å². The van der Waals surface area contributed by atoms with Gasteiger partial charge in [-0.2, -0.15) is 5.26 Å². The molecule has 282 valence electrons. The molecule has 0 radical (unpaired) electrons. The number of rotatable bonds is 17. The van der Waals surface area contributed by atoms with Crippen molar-refractivity contribution in [3.8, 4) is 17.6 Å². The number of hydrogen-bond donors (Lipinski definition) is 1. The molecule has 1 aliphatic heterocycles. The number of nitriles is 1. The Bertz CT molecular complexity index is 1860. The first-order valence-corrected chi connectivity index (χ1v) is 18.9. The van der Waals surface area contributed by atoms with Gasteiger partial charge in [-0.3, -0.25) is 14.3 Å². The molecular formula is C40H49N4O8P. The van der Waals surface area contributed by atoms with Crippen LogP contribution in [0.25, 0.3) is 0 Å². The van der Waals surface area contributed by atoms with E-state index >= 15 is 0 Å². The third-order valence-corrected chi connectivity index (χ3v) is 11.4. The highest BCUT2D eigenvalue weighted by Crippen LogP contribution is 2.52. The van der Waals surface area contributed by atoms with Gasteiger partial charge in [0.05, 0.1) is 39.9 Å². The van der Waals surface area contributed by atoms with Gasteiger partial charge in [0.1, 0.15) is 35.5 Å². The summed E-state index contributed by atoms with van der Waals surface area (Å²) in [5, 5.41) is 9.31. The highest BCUT2D eigenvalue weighted by molar-refractivity contribution is 7.44. The first kappa shape index (κ1) is 39.9. The van der Waals surface area contributed by atoms with E-state index in [2.05, 4.69) is 43.4 Å². The van der Waals surface area contributed by atoms with Crippen molar-refractivity contribution in [2.24, 2.45) is 5.92 Å². The molecule has 1 N–H and O–H groups in total. The van der Waals surface area contributed by atoms with Crippen LogP contribution in [0.3, 0.4) is 0 Å². The second-order valence-corrected chi connectivity index (χ2v) is 14.8. The Hall–Kier alpha value is -4.34. The number of H-pyrrole nitrogens is 1. The lowest BCUT2D eigenvalue weighted by Gasteiger charge is -2.39. The highest BCUT2D eigenvalue weighted by atomic mass is 31.2. The van der Waals surface area contributed by atoms with Crippen LogP contribution in [0.15, 0.2) is 101 Å². The lowest BCUT2D eigenvalue weighted by atomic mass is 9.80. The van der Waals surface area contributed by atoms with E-state index in [-0.39, 0.29) is 31.7 Å². The second kappa shape index (κ2) is 18.1. The summed E-state index contributed by atoms with van der Waals surface area (Å²) in [6, 6.07) is 29.0. The maximum absolute atomic E-state index is 13.1. The monoisotopic (exact) mass is 744 g/mol. The van der Waals surface area contributed by atoms with Crippen LogP contribution in [0, 0.1) is 17.2 Å². The third-order valence-electron chi connectivity index (χ3n) is 9.29. The predicted molar refractivity (Wildman–Crippen MR) is 203 cm³/mol. The first-order valence-electron chi connectivity index (χ1n) is 17.7. The Morgan fingerprint density at radius 2 is 1.45 bits per heavy atom. The molecule has 0 aliphatic carbocycles. The van der Waals surface area contributed by atoms with Gasteiger partial charge in [0.25, 0.3) is 14.1 Å². The highest BCUT2D eigenvalue weighted by Gasteiger charge is 2.49. The summed E-state index contributed by atoms with van der Waals surface area (Å²) in [5.41, 5.74) is 0.331. The summed E-state index contributed by atoms with van der Waals surface area (Å²) in [6.45, 7) is 10.5. The molecule has 5 atom stereocenters. The minimum absolute atomic E-state index is 0.0291. The average molecular weight is 745 g/mol. The zero-order chi connectivity index (χ0) is 38.1. The van der Waals surface area contributed by atoms with Crippen LogP contribution in [0.2, 0.25) is 0 Å². The Kier molecular flexibility index (Phi) is 13.6. The molecule has 0 amide bonds. The van der Waals surface area contributed by atoms with E-state index in [1.807, 2.05) is 85.8 Å². The average Bonchev–Trinajstić information content (AvgIpc) is 3.46. The molecule has 53 heavy (non-hydrogen) atoms. The molecule has 5 rings (SSSR count). The van der Waals surface area contributed by atoms with E-state index in [9.17, 15) is 14.9 Å². The number of methoxy groups -OCH3 is 2. The van der Waals surface area contributed by atoms with Crippen molar-refractivity contribution >= 4 is 8.53 Å². The molecule has 2 heterocycles. The summed E-state index contributed by atoms with van der Waals surface area (Å²) < 4.78 is 41.8. The van der Waals surface area contributed by atoms with Crippen molar-refractivity contribution in [1.82, 2.24) is 14.2 Å². The van der Waals surface area contributed by atoms with Crippen LogP contribution in [-0.4, -0.2) is 65.9 Å². The lowest BCUT2D eigenvalue weighted by Crippen LogP contribution is -2.40. The van der Waals surface area contributed by atoms with Gasteiger partial charge in [0, 0.05) is 30.3 Å². The second-order valence-electron chi connectivity index (χ2n) is 13.4. The van der Waals surface area contributed by atoms with Crippen molar-refractivity contribution in [3.05, 3.63) is 129 Å². The maximum Gasteiger partial charge on any atom is 0.330 e. The Balaban J connectivity index is 1.62. The van der Waals surface area contributed by atoms with E-state index in [4.69, 9.17) is 28.0 Å². The normalized spacial score (nSPS) is 19.4. The van der Waals surface area contributed by atoms with Crippen LogP contribution in [-0.2, 0) is 24.1 Å². The summed E-state index contributed by atoms with van der Waals surface area (Å²) in [6.07, 6.45) is -0.499. The number of aromatic nitrogens is 2. The van der Waals surface area contributed by atoms with Gasteiger partial charge in [0.2, 0.25) is 0 Å². The van der Waals surface area contributed by atoms with Crippen molar-refractivity contribution in [1.29, 1.82) is 5.26 Å². The van der Waals surface area contributed by atoms with Crippen LogP contribution in [0.4, 0.5) is 0 Å². The Labute approximate surface area is 312 Å². The molecule has 12 nitrogen and oxygen atoms in total.